The van der Waals surface area contributed by atoms with Crippen molar-refractivity contribution in [3.8, 4) is 11.5 Å². The second kappa shape index (κ2) is 9.92. The number of benzene rings is 2. The van der Waals surface area contributed by atoms with Crippen LogP contribution in [0.2, 0.25) is 0 Å². The van der Waals surface area contributed by atoms with Crippen LogP contribution in [0.25, 0.3) is 0 Å². The maximum atomic E-state index is 12.2. The van der Waals surface area contributed by atoms with Crippen LogP contribution in [0.15, 0.2) is 24.3 Å². The average Bonchev–Trinajstić information content (AvgIpc) is 2.72. The highest BCUT2D eigenvalue weighted by molar-refractivity contribution is 7.85. The van der Waals surface area contributed by atoms with Crippen molar-refractivity contribution in [2.75, 3.05) is 33.7 Å². The lowest BCUT2D eigenvalue weighted by Crippen LogP contribution is -2.26. The Balaban J connectivity index is 2.24. The zero-order chi connectivity index (χ0) is 23.5. The molecule has 0 aromatic heterocycles. The quantitative estimate of drug-likeness (QED) is 0.335. The molecule has 0 saturated carbocycles. The Morgan fingerprint density at radius 3 is 2.28 bits per heavy atom. The molecule has 0 aliphatic heterocycles. The number of hydrogen-bond acceptors (Lipinski definition) is 6. The van der Waals surface area contributed by atoms with E-state index in [1.54, 1.807) is 14.2 Å². The Kier molecular flexibility index (Phi) is 7.46. The van der Waals surface area contributed by atoms with Crippen LogP contribution in [-0.2, 0) is 25.6 Å². The van der Waals surface area contributed by atoms with Crippen molar-refractivity contribution < 1.29 is 31.7 Å². The molecule has 32 heavy (non-hydrogen) atoms. The molecule has 0 atom stereocenters. The fourth-order valence-corrected chi connectivity index (χ4v) is 4.72. The number of aryl methyl sites for hydroxylation is 3. The van der Waals surface area contributed by atoms with Crippen LogP contribution in [-0.4, -0.2) is 52.6 Å². The molecule has 0 fully saturated rings. The minimum Gasteiger partial charge on any atom is -0.496 e. The predicted molar refractivity (Wildman–Crippen MR) is 124 cm³/mol. The van der Waals surface area contributed by atoms with Crippen molar-refractivity contribution in [1.29, 1.82) is 0 Å². The molecule has 7 nitrogen and oxygen atoms in total. The van der Waals surface area contributed by atoms with E-state index in [0.29, 0.717) is 25.3 Å². The molecule has 1 aliphatic carbocycles. The lowest BCUT2D eigenvalue weighted by atomic mass is 9.86. The highest BCUT2D eigenvalue weighted by atomic mass is 32.2. The summed E-state index contributed by atoms with van der Waals surface area (Å²) in [6.45, 7) is 6.78. The molecule has 2 aromatic rings. The van der Waals surface area contributed by atoms with Gasteiger partial charge in [-0.1, -0.05) is 6.07 Å². The number of ether oxygens (including phenoxy) is 3. The zero-order valence-electron chi connectivity index (χ0n) is 19.6. The summed E-state index contributed by atoms with van der Waals surface area (Å²) in [5.74, 6) is 1.52. The molecule has 0 heterocycles. The summed E-state index contributed by atoms with van der Waals surface area (Å²) in [5, 5.41) is 0. The summed E-state index contributed by atoms with van der Waals surface area (Å²) < 4.78 is 48.0. The number of rotatable bonds is 8. The molecule has 8 heteroatoms. The van der Waals surface area contributed by atoms with Gasteiger partial charge in [0.1, 0.15) is 18.1 Å². The van der Waals surface area contributed by atoms with E-state index < -0.39 is 10.1 Å². The molecule has 0 radical (unpaired) electrons. The Hall–Kier alpha value is -2.58. The Bertz CT molecular complexity index is 1110. The minimum absolute atomic E-state index is 0.436. The van der Waals surface area contributed by atoms with Gasteiger partial charge < -0.3 is 14.2 Å². The van der Waals surface area contributed by atoms with E-state index in [4.69, 9.17) is 18.5 Å². The number of hydrogen-bond donors (Lipinski definition) is 0. The van der Waals surface area contributed by atoms with Crippen molar-refractivity contribution in [3.63, 3.8) is 0 Å². The molecule has 0 amide bonds. The van der Waals surface area contributed by atoms with Crippen LogP contribution in [0.4, 0.5) is 5.69 Å². The summed E-state index contributed by atoms with van der Waals surface area (Å²) in [5.41, 5.74) is 6.31. The van der Waals surface area contributed by atoms with Gasteiger partial charge >= 0.3 is 10.1 Å². The molecule has 2 aromatic carbocycles. The van der Waals surface area contributed by atoms with E-state index in [1.807, 2.05) is 45.0 Å². The molecular weight excluding hydrogens is 430 g/mol. The van der Waals surface area contributed by atoms with Gasteiger partial charge in [0.25, 0.3) is 5.69 Å². The standard InChI is InChI=1S/C24H32NO6S/c1-16-14-20(15-17(2)24(16)29-5)25(31-32(6,26)27)21-9-7-8-19-10-11-22(18(3)23(19)21)30-13-12-28-4/h10-11,14-15H,7-9,12-13H2,1-6H3/q+1/b25-21-. The number of fused-ring (bicyclic) bond motifs is 1. The smallest absolute Gasteiger partial charge is 0.364 e. The average molecular weight is 463 g/mol. The van der Waals surface area contributed by atoms with E-state index in [1.165, 1.54) is 4.74 Å². The normalized spacial score (nSPS) is 15.2. The molecule has 3 rings (SSSR count). The Morgan fingerprint density at radius 1 is 1.00 bits per heavy atom. The molecule has 174 valence electrons. The first-order chi connectivity index (χ1) is 15.2. The molecule has 0 saturated heterocycles. The van der Waals surface area contributed by atoms with Crippen molar-refractivity contribution in [3.05, 3.63) is 52.1 Å². The van der Waals surface area contributed by atoms with Gasteiger partial charge in [-0.3, -0.25) is 0 Å². The maximum absolute atomic E-state index is 12.2. The summed E-state index contributed by atoms with van der Waals surface area (Å²) in [4.78, 5) is 0. The van der Waals surface area contributed by atoms with Gasteiger partial charge in [0.2, 0.25) is 5.71 Å². The highest BCUT2D eigenvalue weighted by Gasteiger charge is 2.33. The fraction of sp³-hybridized carbons (Fsp3) is 0.458. The minimum atomic E-state index is -3.78. The highest BCUT2D eigenvalue weighted by Crippen LogP contribution is 2.34. The van der Waals surface area contributed by atoms with Gasteiger partial charge in [-0.2, -0.15) is 8.42 Å². The second-order valence-electron chi connectivity index (χ2n) is 8.05. The SMILES string of the molecule is COCCOc1ccc2c(c1C)/C(=[N+](\OS(C)(=O)=O)c1cc(C)c(OC)c(C)c1)CCC2. The lowest BCUT2D eigenvalue weighted by molar-refractivity contribution is -0.681. The van der Waals surface area contributed by atoms with Gasteiger partial charge in [0, 0.05) is 36.0 Å². The molecule has 0 N–H and O–H groups in total. The molecule has 1 aliphatic rings. The first-order valence-corrected chi connectivity index (χ1v) is 12.4. The van der Waals surface area contributed by atoms with E-state index in [-0.39, 0.29) is 0 Å². The fourth-order valence-electron chi connectivity index (χ4n) is 4.27. The maximum Gasteiger partial charge on any atom is 0.364 e. The zero-order valence-corrected chi connectivity index (χ0v) is 20.5. The van der Waals surface area contributed by atoms with E-state index in [2.05, 4.69) is 0 Å². The summed E-state index contributed by atoms with van der Waals surface area (Å²) in [7, 11) is -0.521. The van der Waals surface area contributed by atoms with Crippen molar-refractivity contribution >= 4 is 21.5 Å². The van der Waals surface area contributed by atoms with Crippen LogP contribution in [0.5, 0.6) is 11.5 Å². The Labute approximate surface area is 190 Å². The molecule has 0 spiro atoms. The third-order valence-electron chi connectivity index (χ3n) is 5.53. The number of methoxy groups -OCH3 is 2. The first-order valence-electron chi connectivity index (χ1n) is 10.6. The van der Waals surface area contributed by atoms with E-state index in [0.717, 1.165) is 64.1 Å². The third kappa shape index (κ3) is 5.24. The summed E-state index contributed by atoms with van der Waals surface area (Å²) >= 11 is 0. The third-order valence-corrected chi connectivity index (χ3v) is 5.95. The molecular formula is C24H32NO6S+. The topological polar surface area (TPSA) is 74.1 Å². The van der Waals surface area contributed by atoms with Crippen LogP contribution in [0.3, 0.4) is 0 Å². The summed E-state index contributed by atoms with van der Waals surface area (Å²) in [6, 6.07) is 7.78. The second-order valence-corrected chi connectivity index (χ2v) is 9.61. The molecule has 0 bridgehead atoms. The van der Waals surface area contributed by atoms with Crippen molar-refractivity contribution in [1.82, 2.24) is 0 Å². The van der Waals surface area contributed by atoms with Gasteiger partial charge in [0.15, 0.2) is 0 Å². The van der Waals surface area contributed by atoms with Gasteiger partial charge in [0.05, 0.1) is 25.5 Å². The van der Waals surface area contributed by atoms with Gasteiger partial charge in [-0.15, -0.1) is 4.28 Å². The largest absolute Gasteiger partial charge is 0.496 e. The van der Waals surface area contributed by atoms with Gasteiger partial charge in [-0.25, -0.2) is 0 Å². The van der Waals surface area contributed by atoms with E-state index in [9.17, 15) is 8.42 Å². The van der Waals surface area contributed by atoms with Crippen molar-refractivity contribution in [2.45, 2.75) is 40.0 Å². The van der Waals surface area contributed by atoms with Gasteiger partial charge in [-0.05, 0) is 56.4 Å². The van der Waals surface area contributed by atoms with Crippen molar-refractivity contribution in [2.24, 2.45) is 0 Å². The van der Waals surface area contributed by atoms with Crippen LogP contribution >= 0.6 is 0 Å². The van der Waals surface area contributed by atoms with E-state index >= 15 is 0 Å². The number of nitrogens with zero attached hydrogens (tertiary/aromatic N) is 1. The van der Waals surface area contributed by atoms with Crippen LogP contribution < -0.4 is 9.47 Å². The monoisotopic (exact) mass is 462 g/mol. The van der Waals surface area contributed by atoms with Crippen LogP contribution in [0, 0.1) is 20.8 Å². The molecule has 0 unspecified atom stereocenters. The Morgan fingerprint density at radius 2 is 1.69 bits per heavy atom. The summed E-state index contributed by atoms with van der Waals surface area (Å²) in [6.07, 6.45) is 3.54. The predicted octanol–water partition coefficient (Wildman–Crippen LogP) is 4.01. The first kappa shape index (κ1) is 24.1. The lowest BCUT2D eigenvalue weighted by Gasteiger charge is -2.20. The van der Waals surface area contributed by atoms with Crippen LogP contribution in [0.1, 0.15) is 40.7 Å².